The Balaban J connectivity index is 1.79. The zero-order chi connectivity index (χ0) is 12.1. The molecule has 2 rings (SSSR count). The number of amides is 1. The van der Waals surface area contributed by atoms with E-state index in [9.17, 15) is 4.79 Å². The molecule has 3 heteroatoms. The highest BCUT2D eigenvalue weighted by Crippen LogP contribution is 2.11. The highest BCUT2D eigenvalue weighted by molar-refractivity contribution is 5.94. The Morgan fingerprint density at radius 2 is 2.12 bits per heavy atom. The Hall–Kier alpha value is -1.77. The summed E-state index contributed by atoms with van der Waals surface area (Å²) in [5.41, 5.74) is 1.86. The zero-order valence-corrected chi connectivity index (χ0v) is 10.0. The Morgan fingerprint density at radius 1 is 1.35 bits per heavy atom. The van der Waals surface area contributed by atoms with Crippen LogP contribution in [0.25, 0.3) is 0 Å². The van der Waals surface area contributed by atoms with Crippen LogP contribution in [0.15, 0.2) is 36.1 Å². The molecule has 0 aliphatic carbocycles. The van der Waals surface area contributed by atoms with Crippen molar-refractivity contribution in [3.8, 4) is 0 Å². The number of hydrogen-bond donors (Lipinski definition) is 1. The summed E-state index contributed by atoms with van der Waals surface area (Å²) in [6, 6.07) is 7.57. The van der Waals surface area contributed by atoms with Crippen LogP contribution in [0, 0.1) is 6.92 Å². The van der Waals surface area contributed by atoms with E-state index in [1.54, 1.807) is 0 Å². The summed E-state index contributed by atoms with van der Waals surface area (Å²) in [6.45, 7) is 3.41. The summed E-state index contributed by atoms with van der Waals surface area (Å²) in [4.78, 5) is 11.8. The first-order valence-electron chi connectivity index (χ1n) is 5.92. The first-order chi connectivity index (χ1) is 8.25. The van der Waals surface area contributed by atoms with E-state index in [0.717, 1.165) is 30.8 Å². The Labute approximate surface area is 101 Å². The van der Waals surface area contributed by atoms with E-state index < -0.39 is 0 Å². The monoisotopic (exact) mass is 231 g/mol. The van der Waals surface area contributed by atoms with Crippen molar-refractivity contribution in [2.45, 2.75) is 19.8 Å². The standard InChI is InChI=1S/C14H17NO2/c1-11-4-6-12(7-5-11)14(16)15-9-8-13-3-2-10-17-13/h3-7H,2,8-10H2,1H3,(H,15,16). The lowest BCUT2D eigenvalue weighted by atomic mass is 10.1. The largest absolute Gasteiger partial charge is 0.498 e. The van der Waals surface area contributed by atoms with Gasteiger partial charge in [-0.3, -0.25) is 4.79 Å². The average molecular weight is 231 g/mol. The fraction of sp³-hybridized carbons (Fsp3) is 0.357. The van der Waals surface area contributed by atoms with Gasteiger partial charge in [-0.2, -0.15) is 0 Å². The van der Waals surface area contributed by atoms with Crippen LogP contribution in [0.2, 0.25) is 0 Å². The van der Waals surface area contributed by atoms with E-state index in [4.69, 9.17) is 4.74 Å². The second kappa shape index (κ2) is 5.53. The molecule has 0 bridgehead atoms. The Bertz CT molecular complexity index is 420. The SMILES string of the molecule is Cc1ccc(C(=O)NCCC2=CCCO2)cc1. The quantitative estimate of drug-likeness (QED) is 0.864. The summed E-state index contributed by atoms with van der Waals surface area (Å²) in [5.74, 6) is 0.970. The number of benzene rings is 1. The van der Waals surface area contributed by atoms with Crippen molar-refractivity contribution >= 4 is 5.91 Å². The second-order valence-electron chi connectivity index (χ2n) is 4.18. The lowest BCUT2D eigenvalue weighted by molar-refractivity contribution is 0.0952. The Morgan fingerprint density at radius 3 is 2.76 bits per heavy atom. The molecule has 0 saturated carbocycles. The first-order valence-corrected chi connectivity index (χ1v) is 5.92. The van der Waals surface area contributed by atoms with Gasteiger partial charge >= 0.3 is 0 Å². The van der Waals surface area contributed by atoms with E-state index in [-0.39, 0.29) is 5.91 Å². The van der Waals surface area contributed by atoms with Crippen LogP contribution in [0.5, 0.6) is 0 Å². The first kappa shape index (κ1) is 11.7. The summed E-state index contributed by atoms with van der Waals surface area (Å²) in [6.07, 6.45) is 3.84. The maximum absolute atomic E-state index is 11.8. The van der Waals surface area contributed by atoms with Crippen LogP contribution < -0.4 is 5.32 Å². The van der Waals surface area contributed by atoms with Gasteiger partial charge in [0.15, 0.2) is 0 Å². The molecule has 0 fully saturated rings. The van der Waals surface area contributed by atoms with Gasteiger partial charge in [-0.15, -0.1) is 0 Å². The number of carbonyl (C=O) groups excluding carboxylic acids is 1. The number of rotatable bonds is 4. The molecule has 0 spiro atoms. The van der Waals surface area contributed by atoms with E-state index in [2.05, 4.69) is 11.4 Å². The topological polar surface area (TPSA) is 38.3 Å². The number of aryl methyl sites for hydroxylation is 1. The predicted molar refractivity (Wildman–Crippen MR) is 66.8 cm³/mol. The van der Waals surface area contributed by atoms with Crippen LogP contribution in [-0.2, 0) is 4.74 Å². The maximum Gasteiger partial charge on any atom is 0.251 e. The summed E-state index contributed by atoms with van der Waals surface area (Å²) < 4.78 is 5.37. The molecular formula is C14H17NO2. The molecule has 1 aromatic carbocycles. The molecular weight excluding hydrogens is 214 g/mol. The molecule has 0 radical (unpaired) electrons. The molecule has 1 aliphatic heterocycles. The highest BCUT2D eigenvalue weighted by atomic mass is 16.5. The van der Waals surface area contributed by atoms with Gasteiger partial charge in [0.1, 0.15) is 0 Å². The Kier molecular flexibility index (Phi) is 3.81. The molecule has 1 heterocycles. The third-order valence-corrected chi connectivity index (χ3v) is 2.75. The minimum atomic E-state index is -0.0244. The molecule has 1 amide bonds. The zero-order valence-electron chi connectivity index (χ0n) is 10.0. The molecule has 0 unspecified atom stereocenters. The van der Waals surface area contributed by atoms with Gasteiger partial charge in [0, 0.05) is 24.9 Å². The fourth-order valence-corrected chi connectivity index (χ4v) is 1.75. The van der Waals surface area contributed by atoms with E-state index >= 15 is 0 Å². The van der Waals surface area contributed by atoms with Gasteiger partial charge in [-0.25, -0.2) is 0 Å². The van der Waals surface area contributed by atoms with Gasteiger partial charge in [-0.1, -0.05) is 17.7 Å². The molecule has 0 atom stereocenters. The van der Waals surface area contributed by atoms with Crippen molar-refractivity contribution in [1.82, 2.24) is 5.32 Å². The molecule has 3 nitrogen and oxygen atoms in total. The van der Waals surface area contributed by atoms with Crippen LogP contribution in [0.3, 0.4) is 0 Å². The predicted octanol–water partition coefficient (Wildman–Crippen LogP) is 2.42. The molecule has 0 aromatic heterocycles. The number of ether oxygens (including phenoxy) is 1. The van der Waals surface area contributed by atoms with Crippen molar-refractivity contribution in [3.63, 3.8) is 0 Å². The van der Waals surface area contributed by atoms with Gasteiger partial charge in [0.05, 0.1) is 12.4 Å². The van der Waals surface area contributed by atoms with Crippen LogP contribution in [0.1, 0.15) is 28.8 Å². The van der Waals surface area contributed by atoms with E-state index in [1.807, 2.05) is 31.2 Å². The van der Waals surface area contributed by atoms with Crippen molar-refractivity contribution in [3.05, 3.63) is 47.2 Å². The minimum absolute atomic E-state index is 0.0244. The average Bonchev–Trinajstić information content (AvgIpc) is 2.83. The number of nitrogens with one attached hydrogen (secondary N) is 1. The molecule has 1 aromatic rings. The van der Waals surface area contributed by atoms with E-state index in [0.29, 0.717) is 12.1 Å². The third kappa shape index (κ3) is 3.34. The summed E-state index contributed by atoms with van der Waals surface area (Å²) >= 11 is 0. The molecule has 0 saturated heterocycles. The van der Waals surface area contributed by atoms with Gasteiger partial charge in [0.2, 0.25) is 0 Å². The van der Waals surface area contributed by atoms with Gasteiger partial charge < -0.3 is 10.1 Å². The third-order valence-electron chi connectivity index (χ3n) is 2.75. The summed E-state index contributed by atoms with van der Waals surface area (Å²) in [5, 5.41) is 2.89. The maximum atomic E-state index is 11.8. The molecule has 1 N–H and O–H groups in total. The lowest BCUT2D eigenvalue weighted by Crippen LogP contribution is -2.24. The highest BCUT2D eigenvalue weighted by Gasteiger charge is 2.07. The molecule has 90 valence electrons. The van der Waals surface area contributed by atoms with Crippen molar-refractivity contribution in [2.24, 2.45) is 0 Å². The van der Waals surface area contributed by atoms with Crippen LogP contribution in [-0.4, -0.2) is 19.1 Å². The van der Waals surface area contributed by atoms with Crippen molar-refractivity contribution in [1.29, 1.82) is 0 Å². The van der Waals surface area contributed by atoms with Gasteiger partial charge in [-0.05, 0) is 25.1 Å². The van der Waals surface area contributed by atoms with Crippen LogP contribution >= 0.6 is 0 Å². The lowest BCUT2D eigenvalue weighted by Gasteiger charge is -2.06. The van der Waals surface area contributed by atoms with Crippen molar-refractivity contribution in [2.75, 3.05) is 13.2 Å². The number of carbonyl (C=O) groups is 1. The normalized spacial score (nSPS) is 14.1. The van der Waals surface area contributed by atoms with E-state index in [1.165, 1.54) is 0 Å². The van der Waals surface area contributed by atoms with Crippen LogP contribution in [0.4, 0.5) is 0 Å². The van der Waals surface area contributed by atoms with Crippen molar-refractivity contribution < 1.29 is 9.53 Å². The minimum Gasteiger partial charge on any atom is -0.498 e. The smallest absolute Gasteiger partial charge is 0.251 e. The molecule has 17 heavy (non-hydrogen) atoms. The number of hydrogen-bond acceptors (Lipinski definition) is 2. The summed E-state index contributed by atoms with van der Waals surface area (Å²) in [7, 11) is 0. The second-order valence-corrected chi connectivity index (χ2v) is 4.18. The fourth-order valence-electron chi connectivity index (χ4n) is 1.75. The van der Waals surface area contributed by atoms with Gasteiger partial charge in [0.25, 0.3) is 5.91 Å². The molecule has 1 aliphatic rings.